The van der Waals surface area contributed by atoms with Gasteiger partial charge in [-0.15, -0.1) is 0 Å². The van der Waals surface area contributed by atoms with Gasteiger partial charge in [-0.3, -0.25) is 9.59 Å². The van der Waals surface area contributed by atoms with Gasteiger partial charge in [0.15, 0.2) is 10.9 Å². The number of rotatable bonds is 5. The van der Waals surface area contributed by atoms with Gasteiger partial charge in [0.1, 0.15) is 17.3 Å². The zero-order valence-electron chi connectivity index (χ0n) is 16.4. The zero-order valence-corrected chi connectivity index (χ0v) is 17.2. The van der Waals surface area contributed by atoms with Gasteiger partial charge in [0.2, 0.25) is 5.78 Å². The predicted octanol–water partition coefficient (Wildman–Crippen LogP) is 5.10. The number of hydrogen-bond acceptors (Lipinski definition) is 6. The van der Waals surface area contributed by atoms with Crippen LogP contribution in [-0.2, 0) is 11.2 Å². The van der Waals surface area contributed by atoms with Gasteiger partial charge in [0, 0.05) is 18.1 Å². The molecule has 0 spiro atoms. The quantitative estimate of drug-likeness (QED) is 0.323. The number of carbonyl (C=O) groups excluding carboxylic acids is 2. The first kappa shape index (κ1) is 19.9. The summed E-state index contributed by atoms with van der Waals surface area (Å²) in [7, 11) is 0. The maximum atomic E-state index is 12.7. The summed E-state index contributed by atoms with van der Waals surface area (Å²) in [4.78, 5) is 24.9. The van der Waals surface area contributed by atoms with Crippen LogP contribution >= 0.6 is 11.6 Å². The van der Waals surface area contributed by atoms with Crippen molar-refractivity contribution in [3.05, 3.63) is 81.4 Å². The Morgan fingerprint density at radius 3 is 2.77 bits per heavy atom. The molecule has 0 saturated carbocycles. The third-order valence-electron chi connectivity index (χ3n) is 4.71. The highest BCUT2D eigenvalue weighted by molar-refractivity contribution is 6.29. The first-order chi connectivity index (χ1) is 14.4. The third kappa shape index (κ3) is 4.14. The number of benzene rings is 2. The Kier molecular flexibility index (Phi) is 5.42. The van der Waals surface area contributed by atoms with Gasteiger partial charge < -0.3 is 14.0 Å². The van der Waals surface area contributed by atoms with Crippen LogP contribution in [0.3, 0.4) is 0 Å². The number of Topliss-reactive ketones (excluding diaryl/α,β-unsaturated/α-hetero) is 1. The predicted molar refractivity (Wildman–Crippen MR) is 111 cm³/mol. The molecule has 0 fully saturated rings. The molecule has 30 heavy (non-hydrogen) atoms. The number of allylic oxidation sites excluding steroid dienone is 1. The minimum absolute atomic E-state index is 0.0976. The Bertz CT molecular complexity index is 1180. The number of halogens is 1. The van der Waals surface area contributed by atoms with E-state index < -0.39 is 5.97 Å². The van der Waals surface area contributed by atoms with Crippen molar-refractivity contribution in [2.45, 2.75) is 26.7 Å². The molecule has 6 nitrogen and oxygen atoms in total. The molecule has 152 valence electrons. The van der Waals surface area contributed by atoms with E-state index in [-0.39, 0.29) is 23.1 Å². The number of aryl methyl sites for hydroxylation is 2. The normalized spacial score (nSPS) is 14.0. The Morgan fingerprint density at radius 2 is 2.03 bits per heavy atom. The number of aromatic nitrogens is 1. The van der Waals surface area contributed by atoms with Crippen molar-refractivity contribution in [2.75, 3.05) is 0 Å². The van der Waals surface area contributed by atoms with E-state index in [1.807, 2.05) is 31.2 Å². The van der Waals surface area contributed by atoms with Crippen LogP contribution in [0, 0.1) is 13.8 Å². The highest BCUT2D eigenvalue weighted by atomic mass is 35.5. The second kappa shape index (κ2) is 8.16. The van der Waals surface area contributed by atoms with Crippen molar-refractivity contribution in [3.63, 3.8) is 0 Å². The first-order valence-electron chi connectivity index (χ1n) is 9.37. The molecule has 7 heteroatoms. The molecule has 0 bridgehead atoms. The number of ether oxygens (including phenoxy) is 2. The van der Waals surface area contributed by atoms with E-state index >= 15 is 0 Å². The molecule has 0 atom stereocenters. The summed E-state index contributed by atoms with van der Waals surface area (Å²) >= 11 is 5.70. The van der Waals surface area contributed by atoms with Crippen molar-refractivity contribution < 1.29 is 23.6 Å². The molecular weight excluding hydrogens is 406 g/mol. The molecule has 0 N–H and O–H groups in total. The largest absolute Gasteiger partial charge is 0.452 e. The summed E-state index contributed by atoms with van der Waals surface area (Å²) in [5.41, 5.74) is 3.00. The summed E-state index contributed by atoms with van der Waals surface area (Å²) in [6.07, 6.45) is 2.13. The van der Waals surface area contributed by atoms with Crippen molar-refractivity contribution in [2.24, 2.45) is 0 Å². The molecule has 1 aliphatic rings. The topological polar surface area (TPSA) is 78.6 Å². The molecule has 1 aliphatic heterocycles. The van der Waals surface area contributed by atoms with Gasteiger partial charge in [0.05, 0.1) is 12.0 Å². The molecule has 0 saturated heterocycles. The number of esters is 1. The fourth-order valence-electron chi connectivity index (χ4n) is 3.19. The average molecular weight is 424 g/mol. The van der Waals surface area contributed by atoms with Crippen LogP contribution < -0.4 is 9.47 Å². The Labute approximate surface area is 178 Å². The summed E-state index contributed by atoms with van der Waals surface area (Å²) < 4.78 is 16.3. The molecule has 1 aromatic heterocycles. The molecule has 0 aliphatic carbocycles. The average Bonchev–Trinajstić information content (AvgIpc) is 3.26. The summed E-state index contributed by atoms with van der Waals surface area (Å²) in [6, 6.07) is 12.5. The van der Waals surface area contributed by atoms with Gasteiger partial charge in [-0.05, 0) is 37.6 Å². The van der Waals surface area contributed by atoms with E-state index in [2.05, 4.69) is 5.16 Å². The van der Waals surface area contributed by atoms with Crippen molar-refractivity contribution in [1.29, 1.82) is 0 Å². The minimum Gasteiger partial charge on any atom is -0.452 e. The van der Waals surface area contributed by atoms with Crippen LogP contribution in [0.25, 0.3) is 6.08 Å². The lowest BCUT2D eigenvalue weighted by atomic mass is 10.1. The molecule has 0 radical (unpaired) electrons. The summed E-state index contributed by atoms with van der Waals surface area (Å²) in [5.74, 6) is 0.858. The first-order valence-corrected chi connectivity index (χ1v) is 9.75. The summed E-state index contributed by atoms with van der Waals surface area (Å²) in [6.45, 7) is 3.73. The zero-order chi connectivity index (χ0) is 21.3. The number of carbonyl (C=O) groups is 2. The molecule has 2 aromatic carbocycles. The van der Waals surface area contributed by atoms with Gasteiger partial charge in [-0.1, -0.05) is 46.6 Å². The van der Waals surface area contributed by atoms with Crippen molar-refractivity contribution in [1.82, 2.24) is 5.16 Å². The molecular formula is C23H18ClNO5. The Balaban J connectivity index is 1.49. The van der Waals surface area contributed by atoms with E-state index in [4.69, 9.17) is 25.6 Å². The molecule has 4 rings (SSSR count). The molecule has 0 amide bonds. The lowest BCUT2D eigenvalue weighted by Crippen LogP contribution is -2.10. The number of nitrogens with zero attached hydrogens (tertiary/aromatic N) is 1. The smallest absolute Gasteiger partial charge is 0.311 e. The minimum atomic E-state index is -0.439. The second-order valence-corrected chi connectivity index (χ2v) is 7.40. The third-order valence-corrected chi connectivity index (χ3v) is 4.88. The number of ketones is 1. The fraction of sp³-hybridized carbons (Fsp3) is 0.174. The van der Waals surface area contributed by atoms with E-state index in [1.165, 1.54) is 0 Å². The Morgan fingerprint density at radius 1 is 1.20 bits per heavy atom. The van der Waals surface area contributed by atoms with Crippen LogP contribution in [0.15, 0.2) is 52.7 Å². The SMILES string of the molecule is Cc1cccc(/C=C2\Oc3c(ccc(OC(=O)CCc4cc(Cl)no4)c3C)C2=O)c1. The maximum Gasteiger partial charge on any atom is 0.311 e. The maximum absolute atomic E-state index is 12.7. The van der Waals surface area contributed by atoms with Crippen LogP contribution in [-0.4, -0.2) is 16.9 Å². The van der Waals surface area contributed by atoms with Crippen LogP contribution in [0.2, 0.25) is 5.15 Å². The standard InChI is InChI=1S/C23H18ClNO5/c1-13-4-3-5-15(10-13)11-19-22(27)17-7-8-18(14(2)23(17)29-19)28-21(26)9-6-16-12-20(24)25-30-16/h3-5,7-8,10-12H,6,9H2,1-2H3/b19-11-. The fourth-order valence-corrected chi connectivity index (χ4v) is 3.35. The van der Waals surface area contributed by atoms with Crippen molar-refractivity contribution >= 4 is 29.4 Å². The van der Waals surface area contributed by atoms with Crippen LogP contribution in [0.5, 0.6) is 11.5 Å². The van der Waals surface area contributed by atoms with Crippen LogP contribution in [0.1, 0.15) is 39.2 Å². The van der Waals surface area contributed by atoms with Gasteiger partial charge in [0.25, 0.3) is 0 Å². The Hall–Kier alpha value is -3.38. The lowest BCUT2D eigenvalue weighted by Gasteiger charge is -2.09. The lowest BCUT2D eigenvalue weighted by molar-refractivity contribution is -0.134. The molecule has 0 unspecified atom stereocenters. The van der Waals surface area contributed by atoms with Gasteiger partial charge in [-0.25, -0.2) is 0 Å². The van der Waals surface area contributed by atoms with Gasteiger partial charge >= 0.3 is 5.97 Å². The summed E-state index contributed by atoms with van der Waals surface area (Å²) in [5, 5.41) is 3.81. The molecule has 2 heterocycles. The highest BCUT2D eigenvalue weighted by Crippen LogP contribution is 2.39. The van der Waals surface area contributed by atoms with Crippen LogP contribution in [0.4, 0.5) is 0 Å². The van der Waals surface area contributed by atoms with Gasteiger partial charge in [-0.2, -0.15) is 0 Å². The highest BCUT2D eigenvalue weighted by Gasteiger charge is 2.30. The molecule has 3 aromatic rings. The van der Waals surface area contributed by atoms with E-state index in [9.17, 15) is 9.59 Å². The van der Waals surface area contributed by atoms with E-state index in [1.54, 1.807) is 31.2 Å². The second-order valence-electron chi connectivity index (χ2n) is 7.01. The van der Waals surface area contributed by atoms with Crippen molar-refractivity contribution in [3.8, 4) is 11.5 Å². The monoisotopic (exact) mass is 423 g/mol. The van der Waals surface area contributed by atoms with E-state index in [0.29, 0.717) is 34.8 Å². The number of fused-ring (bicyclic) bond motifs is 1. The number of hydrogen-bond donors (Lipinski definition) is 0. The van der Waals surface area contributed by atoms with E-state index in [0.717, 1.165) is 11.1 Å².